The highest BCUT2D eigenvalue weighted by Crippen LogP contribution is 2.08. The average Bonchev–Trinajstić information content (AvgIpc) is 2.38. The van der Waals surface area contributed by atoms with Crippen molar-refractivity contribution in [2.45, 2.75) is 6.42 Å². The maximum absolute atomic E-state index is 11.0. The molecule has 0 spiro atoms. The number of hydrogen-bond acceptors (Lipinski definition) is 1. The van der Waals surface area contributed by atoms with E-state index in [0.29, 0.717) is 0 Å². The first-order valence-corrected chi connectivity index (χ1v) is 5.69. The molecule has 2 heteroatoms. The van der Waals surface area contributed by atoms with Gasteiger partial charge in [-0.25, -0.2) is 0 Å². The Morgan fingerprint density at radius 2 is 1.61 bits per heavy atom. The van der Waals surface area contributed by atoms with Crippen molar-refractivity contribution in [2.75, 3.05) is 0 Å². The van der Waals surface area contributed by atoms with Gasteiger partial charge in [-0.1, -0.05) is 48.2 Å². The Hall–Kier alpha value is -2.53. The summed E-state index contributed by atoms with van der Waals surface area (Å²) in [4.78, 5) is 11.0. The molecular weight excluding hydrogens is 222 g/mol. The van der Waals surface area contributed by atoms with Crippen LogP contribution in [0.1, 0.15) is 16.7 Å². The van der Waals surface area contributed by atoms with Crippen molar-refractivity contribution >= 4 is 5.91 Å². The second-order valence-corrected chi connectivity index (χ2v) is 3.92. The van der Waals surface area contributed by atoms with E-state index >= 15 is 0 Å². The van der Waals surface area contributed by atoms with E-state index < -0.39 is 0 Å². The number of nitrogens with two attached hydrogens (primary N) is 1. The predicted octanol–water partition coefficient (Wildman–Crippen LogP) is 2.11. The summed E-state index contributed by atoms with van der Waals surface area (Å²) < 4.78 is 0. The molecule has 0 aromatic heterocycles. The molecular formula is C16H13NO. The third-order valence-corrected chi connectivity index (χ3v) is 2.50. The lowest BCUT2D eigenvalue weighted by atomic mass is 10.0. The van der Waals surface area contributed by atoms with Crippen molar-refractivity contribution < 1.29 is 4.79 Å². The monoisotopic (exact) mass is 235 g/mol. The summed E-state index contributed by atoms with van der Waals surface area (Å²) in [6.45, 7) is 0. The molecule has 0 aliphatic carbocycles. The first-order valence-electron chi connectivity index (χ1n) is 5.69. The van der Waals surface area contributed by atoms with Crippen LogP contribution < -0.4 is 5.73 Å². The largest absolute Gasteiger partial charge is 0.369 e. The molecule has 0 atom stereocenters. The van der Waals surface area contributed by atoms with Crippen LogP contribution in [-0.2, 0) is 11.2 Å². The van der Waals surface area contributed by atoms with Gasteiger partial charge in [0.15, 0.2) is 0 Å². The Balaban J connectivity index is 2.30. The van der Waals surface area contributed by atoms with Gasteiger partial charge in [0.2, 0.25) is 5.91 Å². The molecule has 0 bridgehead atoms. The van der Waals surface area contributed by atoms with Gasteiger partial charge in [-0.15, -0.1) is 0 Å². The Kier molecular flexibility index (Phi) is 3.78. The van der Waals surface area contributed by atoms with E-state index in [1.165, 1.54) is 0 Å². The van der Waals surface area contributed by atoms with Crippen molar-refractivity contribution in [3.8, 4) is 11.8 Å². The van der Waals surface area contributed by atoms with E-state index in [1.54, 1.807) is 0 Å². The van der Waals surface area contributed by atoms with Gasteiger partial charge in [-0.3, -0.25) is 4.79 Å². The molecule has 2 nitrogen and oxygen atoms in total. The highest BCUT2D eigenvalue weighted by molar-refractivity contribution is 5.77. The lowest BCUT2D eigenvalue weighted by molar-refractivity contribution is -0.117. The summed E-state index contributed by atoms with van der Waals surface area (Å²) in [7, 11) is 0. The van der Waals surface area contributed by atoms with Crippen LogP contribution in [0.2, 0.25) is 0 Å². The zero-order valence-corrected chi connectivity index (χ0v) is 9.89. The minimum absolute atomic E-state index is 0.222. The van der Waals surface area contributed by atoms with Gasteiger partial charge in [0.25, 0.3) is 0 Å². The van der Waals surface area contributed by atoms with Gasteiger partial charge in [0.05, 0.1) is 6.42 Å². The van der Waals surface area contributed by atoms with Gasteiger partial charge >= 0.3 is 0 Å². The molecule has 0 aliphatic heterocycles. The quantitative estimate of drug-likeness (QED) is 0.796. The topological polar surface area (TPSA) is 43.1 Å². The Morgan fingerprint density at radius 1 is 0.944 bits per heavy atom. The van der Waals surface area contributed by atoms with Crippen LogP contribution in [0.4, 0.5) is 0 Å². The zero-order valence-electron chi connectivity index (χ0n) is 9.89. The molecule has 0 aliphatic rings. The number of hydrogen-bond donors (Lipinski definition) is 1. The normalized spacial score (nSPS) is 9.33. The predicted molar refractivity (Wildman–Crippen MR) is 71.8 cm³/mol. The first-order chi connectivity index (χ1) is 8.75. The molecule has 18 heavy (non-hydrogen) atoms. The number of carbonyl (C=O) groups is 1. The standard InChI is InChI=1S/C16H13NO/c17-16(18)12-15-9-5-4-8-14(15)11-10-13-6-2-1-3-7-13/h1-9H,12H2,(H2,17,18). The van der Waals surface area contributed by atoms with Crippen LogP contribution in [-0.4, -0.2) is 5.91 Å². The summed E-state index contributed by atoms with van der Waals surface area (Å²) in [5, 5.41) is 0. The smallest absolute Gasteiger partial charge is 0.221 e. The molecule has 2 aromatic carbocycles. The maximum Gasteiger partial charge on any atom is 0.221 e. The fourth-order valence-corrected chi connectivity index (χ4v) is 1.65. The zero-order chi connectivity index (χ0) is 12.8. The highest BCUT2D eigenvalue weighted by atomic mass is 16.1. The van der Waals surface area contributed by atoms with E-state index in [2.05, 4.69) is 11.8 Å². The number of amides is 1. The van der Waals surface area contributed by atoms with Crippen LogP contribution in [0.3, 0.4) is 0 Å². The van der Waals surface area contributed by atoms with Crippen molar-refractivity contribution in [1.29, 1.82) is 0 Å². The summed E-state index contributed by atoms with van der Waals surface area (Å²) in [5.41, 5.74) is 7.88. The Morgan fingerprint density at radius 3 is 2.33 bits per heavy atom. The van der Waals surface area contributed by atoms with Crippen molar-refractivity contribution in [3.63, 3.8) is 0 Å². The second kappa shape index (κ2) is 5.70. The SMILES string of the molecule is NC(=O)Cc1ccccc1C#Cc1ccccc1. The molecule has 2 rings (SSSR count). The van der Waals surface area contributed by atoms with Gasteiger partial charge in [0.1, 0.15) is 0 Å². The first kappa shape index (κ1) is 11.9. The van der Waals surface area contributed by atoms with Gasteiger partial charge in [-0.2, -0.15) is 0 Å². The fourth-order valence-electron chi connectivity index (χ4n) is 1.65. The van der Waals surface area contributed by atoms with Crippen LogP contribution in [0, 0.1) is 11.8 Å². The van der Waals surface area contributed by atoms with Gasteiger partial charge in [0, 0.05) is 11.1 Å². The molecule has 0 radical (unpaired) electrons. The molecule has 1 amide bonds. The van der Waals surface area contributed by atoms with Gasteiger partial charge < -0.3 is 5.73 Å². The number of benzene rings is 2. The molecule has 0 saturated heterocycles. The van der Waals surface area contributed by atoms with Crippen LogP contribution in [0.15, 0.2) is 54.6 Å². The molecule has 0 unspecified atom stereocenters. The Labute approximate surface area is 106 Å². The molecule has 2 aromatic rings. The van der Waals surface area contributed by atoms with Crippen LogP contribution in [0.5, 0.6) is 0 Å². The second-order valence-electron chi connectivity index (χ2n) is 3.92. The van der Waals surface area contributed by atoms with Crippen molar-refractivity contribution in [2.24, 2.45) is 5.73 Å². The summed E-state index contributed by atoms with van der Waals surface area (Å²) in [5.74, 6) is 5.81. The number of primary amides is 1. The van der Waals surface area contributed by atoms with E-state index in [4.69, 9.17) is 5.73 Å². The lowest BCUT2D eigenvalue weighted by Crippen LogP contribution is -2.14. The average molecular weight is 235 g/mol. The summed E-state index contributed by atoms with van der Waals surface area (Å²) in [6, 6.07) is 17.3. The van der Waals surface area contributed by atoms with E-state index in [-0.39, 0.29) is 12.3 Å². The van der Waals surface area contributed by atoms with Crippen LogP contribution >= 0.6 is 0 Å². The van der Waals surface area contributed by atoms with Crippen molar-refractivity contribution in [1.82, 2.24) is 0 Å². The molecule has 0 heterocycles. The van der Waals surface area contributed by atoms with E-state index in [1.807, 2.05) is 54.6 Å². The molecule has 0 fully saturated rings. The minimum Gasteiger partial charge on any atom is -0.369 e. The third-order valence-electron chi connectivity index (χ3n) is 2.50. The maximum atomic E-state index is 11.0. The molecule has 88 valence electrons. The van der Waals surface area contributed by atoms with Crippen LogP contribution in [0.25, 0.3) is 0 Å². The summed E-state index contributed by atoms with van der Waals surface area (Å²) >= 11 is 0. The number of rotatable bonds is 2. The third kappa shape index (κ3) is 3.23. The summed E-state index contributed by atoms with van der Waals surface area (Å²) in [6.07, 6.45) is 0.222. The minimum atomic E-state index is -0.344. The van der Waals surface area contributed by atoms with E-state index in [9.17, 15) is 4.79 Å². The van der Waals surface area contributed by atoms with E-state index in [0.717, 1.165) is 16.7 Å². The number of carbonyl (C=O) groups excluding carboxylic acids is 1. The van der Waals surface area contributed by atoms with Gasteiger partial charge in [-0.05, 0) is 23.8 Å². The van der Waals surface area contributed by atoms with Crippen molar-refractivity contribution in [3.05, 3.63) is 71.3 Å². The highest BCUT2D eigenvalue weighted by Gasteiger charge is 2.02. The Bertz CT molecular complexity index is 606. The molecule has 0 saturated carbocycles. The lowest BCUT2D eigenvalue weighted by Gasteiger charge is -2.00. The fraction of sp³-hybridized carbons (Fsp3) is 0.0625. The molecule has 2 N–H and O–H groups in total.